The van der Waals surface area contributed by atoms with E-state index in [9.17, 15) is 9.18 Å². The zero-order chi connectivity index (χ0) is 15.2. The number of aryl methyl sites for hydroxylation is 1. The molecule has 21 heavy (non-hydrogen) atoms. The van der Waals surface area contributed by atoms with Gasteiger partial charge in [-0.3, -0.25) is 4.79 Å². The number of hydrogen-bond acceptors (Lipinski definition) is 3. The van der Waals surface area contributed by atoms with Gasteiger partial charge in [0, 0.05) is 6.07 Å². The van der Waals surface area contributed by atoms with E-state index < -0.39 is 0 Å². The monoisotopic (exact) mass is 291 g/mol. The summed E-state index contributed by atoms with van der Waals surface area (Å²) in [4.78, 5) is 11.8. The normalized spacial score (nSPS) is 12.0. The summed E-state index contributed by atoms with van der Waals surface area (Å²) in [7, 11) is 0. The van der Waals surface area contributed by atoms with E-state index >= 15 is 0 Å². The van der Waals surface area contributed by atoms with Gasteiger partial charge < -0.3 is 14.5 Å². The smallest absolute Gasteiger partial charge is 0.224 e. The molecule has 0 radical (unpaired) electrons. The summed E-state index contributed by atoms with van der Waals surface area (Å²) in [5.41, 5.74) is 0. The third-order valence-corrected chi connectivity index (χ3v) is 2.96. The van der Waals surface area contributed by atoms with Gasteiger partial charge in [-0.2, -0.15) is 0 Å². The Balaban J connectivity index is 1.75. The fourth-order valence-electron chi connectivity index (χ4n) is 1.89. The summed E-state index contributed by atoms with van der Waals surface area (Å²) >= 11 is 0. The molecule has 0 fully saturated rings. The quantitative estimate of drug-likeness (QED) is 0.887. The summed E-state index contributed by atoms with van der Waals surface area (Å²) in [6, 6.07) is 9.33. The lowest BCUT2D eigenvalue weighted by molar-refractivity contribution is -0.122. The van der Waals surface area contributed by atoms with Gasteiger partial charge in [0.15, 0.2) is 0 Å². The molecular weight excluding hydrogens is 273 g/mol. The van der Waals surface area contributed by atoms with Gasteiger partial charge in [0.2, 0.25) is 5.91 Å². The van der Waals surface area contributed by atoms with Gasteiger partial charge in [-0.15, -0.1) is 0 Å². The number of ether oxygens (including phenoxy) is 1. The second kappa shape index (κ2) is 6.92. The molecule has 1 amide bonds. The number of benzene rings is 1. The molecule has 0 bridgehead atoms. The van der Waals surface area contributed by atoms with Gasteiger partial charge in [-0.05, 0) is 38.1 Å². The first-order valence-corrected chi connectivity index (χ1v) is 6.78. The van der Waals surface area contributed by atoms with Crippen molar-refractivity contribution >= 4 is 5.91 Å². The van der Waals surface area contributed by atoms with Gasteiger partial charge in [-0.25, -0.2) is 4.39 Å². The third-order valence-electron chi connectivity index (χ3n) is 2.96. The maximum absolute atomic E-state index is 12.9. The lowest BCUT2D eigenvalue weighted by atomic mass is 10.2. The first-order valence-electron chi connectivity index (χ1n) is 6.78. The summed E-state index contributed by atoms with van der Waals surface area (Å²) < 4.78 is 23.7. The average molecular weight is 291 g/mol. The van der Waals surface area contributed by atoms with E-state index in [-0.39, 0.29) is 30.8 Å². The first-order chi connectivity index (χ1) is 10.0. The second-order valence-electron chi connectivity index (χ2n) is 4.79. The van der Waals surface area contributed by atoms with Crippen LogP contribution in [0.1, 0.15) is 30.9 Å². The number of rotatable bonds is 6. The summed E-state index contributed by atoms with van der Waals surface area (Å²) in [6.45, 7) is 3.90. The molecular formula is C16H18FNO3. The highest BCUT2D eigenvalue weighted by molar-refractivity contribution is 5.76. The Morgan fingerprint density at radius 3 is 2.86 bits per heavy atom. The predicted molar refractivity (Wildman–Crippen MR) is 76.5 cm³/mol. The van der Waals surface area contributed by atoms with Crippen LogP contribution in [0.4, 0.5) is 4.39 Å². The van der Waals surface area contributed by atoms with E-state index in [1.54, 1.807) is 12.1 Å². The Labute approximate surface area is 122 Å². The summed E-state index contributed by atoms with van der Waals surface area (Å²) in [5, 5.41) is 2.82. The van der Waals surface area contributed by atoms with E-state index in [1.807, 2.05) is 26.0 Å². The van der Waals surface area contributed by atoms with Crippen molar-refractivity contribution in [1.82, 2.24) is 5.32 Å². The number of hydrogen-bond donors (Lipinski definition) is 1. The summed E-state index contributed by atoms with van der Waals surface area (Å²) in [6.07, 6.45) is 0.195. The molecule has 1 N–H and O–H groups in total. The maximum atomic E-state index is 12.9. The maximum Gasteiger partial charge on any atom is 0.224 e. The molecule has 1 aromatic heterocycles. The SMILES string of the molecule is Cc1ccc([C@@H](C)NC(=O)CCOc2cccc(F)c2)o1. The number of amides is 1. The van der Waals surface area contributed by atoms with Gasteiger partial charge in [-0.1, -0.05) is 6.07 Å². The van der Waals surface area contributed by atoms with Crippen LogP contribution in [0.25, 0.3) is 0 Å². The van der Waals surface area contributed by atoms with E-state index in [0.717, 1.165) is 5.76 Å². The third kappa shape index (κ3) is 4.63. The van der Waals surface area contributed by atoms with Crippen molar-refractivity contribution in [1.29, 1.82) is 0 Å². The molecule has 0 unspecified atom stereocenters. The Morgan fingerprint density at radius 2 is 2.19 bits per heavy atom. The molecule has 0 saturated heterocycles. The molecule has 1 aromatic carbocycles. The fourth-order valence-corrected chi connectivity index (χ4v) is 1.89. The van der Waals surface area contributed by atoms with Crippen molar-refractivity contribution in [2.24, 2.45) is 0 Å². The number of furan rings is 1. The predicted octanol–water partition coefficient (Wildman–Crippen LogP) is 3.37. The highest BCUT2D eigenvalue weighted by Crippen LogP contribution is 2.16. The average Bonchev–Trinajstić information content (AvgIpc) is 2.85. The van der Waals surface area contributed by atoms with Crippen LogP contribution in [-0.2, 0) is 4.79 Å². The molecule has 2 rings (SSSR count). The van der Waals surface area contributed by atoms with Gasteiger partial charge in [0.05, 0.1) is 19.1 Å². The Bertz CT molecular complexity index is 609. The zero-order valence-corrected chi connectivity index (χ0v) is 12.1. The molecule has 0 aliphatic rings. The Morgan fingerprint density at radius 1 is 1.38 bits per heavy atom. The van der Waals surface area contributed by atoms with E-state index in [2.05, 4.69) is 5.32 Å². The van der Waals surface area contributed by atoms with Crippen molar-refractivity contribution in [2.75, 3.05) is 6.61 Å². The lowest BCUT2D eigenvalue weighted by Gasteiger charge is -2.12. The molecule has 1 atom stereocenters. The van der Waals surface area contributed by atoms with Crippen LogP contribution < -0.4 is 10.1 Å². The van der Waals surface area contributed by atoms with Gasteiger partial charge in [0.1, 0.15) is 23.1 Å². The largest absolute Gasteiger partial charge is 0.493 e. The highest BCUT2D eigenvalue weighted by atomic mass is 19.1. The minimum atomic E-state index is -0.362. The van der Waals surface area contributed by atoms with Crippen LogP contribution in [0.2, 0.25) is 0 Å². The molecule has 1 heterocycles. The van der Waals surface area contributed by atoms with E-state index in [1.165, 1.54) is 12.1 Å². The number of nitrogens with one attached hydrogen (secondary N) is 1. The number of halogens is 1. The first kappa shape index (κ1) is 15.1. The van der Waals surface area contributed by atoms with Crippen molar-refractivity contribution in [3.05, 3.63) is 53.7 Å². The molecule has 112 valence electrons. The second-order valence-corrected chi connectivity index (χ2v) is 4.79. The van der Waals surface area contributed by atoms with Gasteiger partial charge in [0.25, 0.3) is 0 Å². The fraction of sp³-hybridized carbons (Fsp3) is 0.312. The van der Waals surface area contributed by atoms with Crippen LogP contribution in [0.15, 0.2) is 40.8 Å². The topological polar surface area (TPSA) is 51.5 Å². The Hall–Kier alpha value is -2.30. The molecule has 0 saturated carbocycles. The summed E-state index contributed by atoms with van der Waals surface area (Å²) in [5.74, 6) is 1.43. The van der Waals surface area contributed by atoms with Crippen LogP contribution in [0, 0.1) is 12.7 Å². The Kier molecular flexibility index (Phi) is 4.98. The van der Waals surface area contributed by atoms with Crippen molar-refractivity contribution in [3.63, 3.8) is 0 Å². The van der Waals surface area contributed by atoms with Crippen molar-refractivity contribution in [3.8, 4) is 5.75 Å². The van der Waals surface area contributed by atoms with Crippen LogP contribution >= 0.6 is 0 Å². The lowest BCUT2D eigenvalue weighted by Crippen LogP contribution is -2.27. The minimum Gasteiger partial charge on any atom is -0.493 e. The van der Waals surface area contributed by atoms with Crippen molar-refractivity contribution < 1.29 is 18.3 Å². The standard InChI is InChI=1S/C16H18FNO3/c1-11-6-7-15(21-11)12(2)18-16(19)8-9-20-14-5-3-4-13(17)10-14/h3-7,10,12H,8-9H2,1-2H3,(H,18,19)/t12-/m1/s1. The number of carbonyl (C=O) groups excluding carboxylic acids is 1. The molecule has 0 aliphatic heterocycles. The zero-order valence-electron chi connectivity index (χ0n) is 12.1. The highest BCUT2D eigenvalue weighted by Gasteiger charge is 2.12. The van der Waals surface area contributed by atoms with E-state index in [0.29, 0.717) is 11.5 Å². The molecule has 0 spiro atoms. The van der Waals surface area contributed by atoms with Crippen LogP contribution in [0.5, 0.6) is 5.75 Å². The molecule has 5 heteroatoms. The van der Waals surface area contributed by atoms with Crippen molar-refractivity contribution in [2.45, 2.75) is 26.3 Å². The molecule has 4 nitrogen and oxygen atoms in total. The number of carbonyl (C=O) groups is 1. The van der Waals surface area contributed by atoms with Gasteiger partial charge >= 0.3 is 0 Å². The van der Waals surface area contributed by atoms with Crippen LogP contribution in [-0.4, -0.2) is 12.5 Å². The van der Waals surface area contributed by atoms with E-state index in [4.69, 9.17) is 9.15 Å². The minimum absolute atomic E-state index is 0.145. The molecule has 0 aliphatic carbocycles. The van der Waals surface area contributed by atoms with Crippen LogP contribution in [0.3, 0.4) is 0 Å². The molecule has 2 aromatic rings.